The number of sulfone groups is 1. The molecular weight excluding hydrogens is 335 g/mol. The molecule has 0 N–H and O–H groups in total. The number of benzene rings is 1. The van der Waals surface area contributed by atoms with E-state index in [4.69, 9.17) is 4.74 Å². The summed E-state index contributed by atoms with van der Waals surface area (Å²) in [5, 5.41) is -0.786. The summed E-state index contributed by atoms with van der Waals surface area (Å²) in [5.41, 5.74) is 0. The third-order valence-corrected chi connectivity index (χ3v) is 5.75. The molecule has 0 spiro atoms. The monoisotopic (exact) mass is 351 g/mol. The average Bonchev–Trinajstić information content (AvgIpc) is 2.42. The van der Waals surface area contributed by atoms with E-state index in [2.05, 4.69) is 0 Å². The van der Waals surface area contributed by atoms with Crippen molar-refractivity contribution >= 4 is 15.7 Å². The number of carbonyl (C=O) groups is 1. The molecule has 1 aromatic carbocycles. The van der Waals surface area contributed by atoms with Gasteiger partial charge in [0.15, 0.2) is 9.84 Å². The van der Waals surface area contributed by atoms with Crippen molar-refractivity contribution < 1.29 is 31.1 Å². The summed E-state index contributed by atoms with van der Waals surface area (Å²) in [6, 6.07) is 5.83. The Balaban J connectivity index is 1.93. The molecule has 1 aromatic rings. The molecule has 0 saturated carbocycles. The normalized spacial score (nSPS) is 16.1. The quantitative estimate of drug-likeness (QED) is 0.814. The van der Waals surface area contributed by atoms with Crippen LogP contribution in [-0.4, -0.2) is 50.9 Å². The lowest BCUT2D eigenvalue weighted by atomic mass is 10.1. The van der Waals surface area contributed by atoms with Crippen molar-refractivity contribution in [3.63, 3.8) is 0 Å². The molecule has 0 aromatic heterocycles. The van der Waals surface area contributed by atoms with Gasteiger partial charge in [-0.3, -0.25) is 4.79 Å². The van der Waals surface area contributed by atoms with Gasteiger partial charge >= 0.3 is 6.18 Å². The molecule has 0 radical (unpaired) electrons. The maximum atomic E-state index is 12.3. The molecule has 0 atom stereocenters. The van der Waals surface area contributed by atoms with Crippen LogP contribution in [0.15, 0.2) is 29.2 Å². The van der Waals surface area contributed by atoms with Gasteiger partial charge in [0, 0.05) is 19.5 Å². The smallest absolute Gasteiger partial charge is 0.389 e. The number of carbonyl (C=O) groups excluding carboxylic acids is 1. The Bertz CT molecular complexity index is 664. The second-order valence-corrected chi connectivity index (χ2v) is 7.48. The van der Waals surface area contributed by atoms with Crippen molar-refractivity contribution in [3.8, 4) is 5.75 Å². The molecule has 1 saturated heterocycles. The predicted octanol–water partition coefficient (Wildman–Crippen LogP) is 2.02. The summed E-state index contributed by atoms with van der Waals surface area (Å²) < 4.78 is 65.8. The molecule has 1 amide bonds. The molecule has 1 aliphatic heterocycles. The van der Waals surface area contributed by atoms with Crippen molar-refractivity contribution in [2.45, 2.75) is 29.2 Å². The number of rotatable bonds is 5. The van der Waals surface area contributed by atoms with Crippen LogP contribution in [0.1, 0.15) is 12.8 Å². The van der Waals surface area contributed by atoms with Gasteiger partial charge in [0.2, 0.25) is 5.91 Å². The maximum absolute atomic E-state index is 12.3. The van der Waals surface area contributed by atoms with E-state index in [1.54, 1.807) is 0 Å². The van der Waals surface area contributed by atoms with Crippen LogP contribution < -0.4 is 4.74 Å². The minimum Gasteiger partial charge on any atom is -0.497 e. The van der Waals surface area contributed by atoms with Gasteiger partial charge in [-0.15, -0.1) is 0 Å². The van der Waals surface area contributed by atoms with Crippen LogP contribution in [0.4, 0.5) is 13.2 Å². The molecule has 1 fully saturated rings. The van der Waals surface area contributed by atoms with Gasteiger partial charge in [-0.05, 0) is 24.3 Å². The highest BCUT2D eigenvalue weighted by Gasteiger charge is 2.41. The lowest BCUT2D eigenvalue weighted by Gasteiger charge is -2.38. The Hall–Kier alpha value is -1.77. The van der Waals surface area contributed by atoms with E-state index in [0.717, 1.165) is 4.90 Å². The van der Waals surface area contributed by atoms with Crippen LogP contribution in [0, 0.1) is 0 Å². The molecule has 0 bridgehead atoms. The van der Waals surface area contributed by atoms with E-state index < -0.39 is 40.0 Å². The number of ether oxygens (including phenoxy) is 1. The Labute approximate surface area is 132 Å². The number of nitrogens with zero attached hydrogens (tertiary/aromatic N) is 1. The fourth-order valence-corrected chi connectivity index (χ4v) is 3.86. The topological polar surface area (TPSA) is 63.7 Å². The van der Waals surface area contributed by atoms with E-state index in [1.807, 2.05) is 0 Å². The van der Waals surface area contributed by atoms with Gasteiger partial charge < -0.3 is 9.64 Å². The maximum Gasteiger partial charge on any atom is 0.389 e. The summed E-state index contributed by atoms with van der Waals surface area (Å²) in [7, 11) is -2.15. The molecule has 1 aliphatic rings. The second kappa shape index (κ2) is 6.38. The van der Waals surface area contributed by atoms with E-state index >= 15 is 0 Å². The molecule has 5 nitrogen and oxygen atoms in total. The first-order chi connectivity index (χ1) is 10.6. The van der Waals surface area contributed by atoms with Gasteiger partial charge in [-0.2, -0.15) is 13.2 Å². The van der Waals surface area contributed by atoms with Gasteiger partial charge in [-0.25, -0.2) is 8.42 Å². The summed E-state index contributed by atoms with van der Waals surface area (Å²) >= 11 is 0. The number of amides is 1. The first-order valence-corrected chi connectivity index (χ1v) is 8.40. The Morgan fingerprint density at radius 2 is 1.83 bits per heavy atom. The third-order valence-electron chi connectivity index (χ3n) is 3.65. The first kappa shape index (κ1) is 17.6. The zero-order valence-corrected chi connectivity index (χ0v) is 13.2. The Kier molecular flexibility index (Phi) is 4.88. The lowest BCUT2D eigenvalue weighted by molar-refractivity contribution is -0.150. The highest BCUT2D eigenvalue weighted by Crippen LogP contribution is 2.27. The van der Waals surface area contributed by atoms with Gasteiger partial charge in [-0.1, -0.05) is 0 Å². The fraction of sp³-hybridized carbons (Fsp3) is 0.500. The third kappa shape index (κ3) is 4.15. The molecule has 9 heteroatoms. The zero-order valence-electron chi connectivity index (χ0n) is 12.3. The zero-order chi connectivity index (χ0) is 17.3. The molecule has 1 heterocycles. The largest absolute Gasteiger partial charge is 0.497 e. The first-order valence-electron chi connectivity index (χ1n) is 6.86. The minimum absolute atomic E-state index is 0.0783. The van der Waals surface area contributed by atoms with E-state index in [9.17, 15) is 26.4 Å². The summed E-state index contributed by atoms with van der Waals surface area (Å²) in [6.07, 6.45) is -6.24. The number of methoxy groups -OCH3 is 1. The Morgan fingerprint density at radius 3 is 2.30 bits per heavy atom. The Morgan fingerprint density at radius 1 is 1.26 bits per heavy atom. The number of halogens is 3. The molecular formula is C14H16F3NO4S. The molecule has 0 unspecified atom stereocenters. The molecule has 23 heavy (non-hydrogen) atoms. The van der Waals surface area contributed by atoms with E-state index in [0.29, 0.717) is 5.75 Å². The number of hydrogen-bond acceptors (Lipinski definition) is 4. The van der Waals surface area contributed by atoms with Crippen LogP contribution in [0.3, 0.4) is 0 Å². The molecule has 2 rings (SSSR count). The van der Waals surface area contributed by atoms with Crippen molar-refractivity contribution in [1.29, 1.82) is 0 Å². The van der Waals surface area contributed by atoms with Gasteiger partial charge in [0.05, 0.1) is 18.4 Å². The van der Waals surface area contributed by atoms with Crippen LogP contribution in [0.25, 0.3) is 0 Å². The lowest BCUT2D eigenvalue weighted by Crippen LogP contribution is -2.56. The average molecular weight is 351 g/mol. The van der Waals surface area contributed by atoms with E-state index in [1.165, 1.54) is 31.4 Å². The van der Waals surface area contributed by atoms with Crippen LogP contribution in [-0.2, 0) is 14.6 Å². The van der Waals surface area contributed by atoms with Crippen LogP contribution >= 0.6 is 0 Å². The molecule has 0 aliphatic carbocycles. The van der Waals surface area contributed by atoms with Crippen molar-refractivity contribution in [2.24, 2.45) is 0 Å². The number of hydrogen-bond donors (Lipinski definition) is 0. The van der Waals surface area contributed by atoms with Crippen molar-refractivity contribution in [3.05, 3.63) is 24.3 Å². The summed E-state index contributed by atoms with van der Waals surface area (Å²) in [6.45, 7) is -0.157. The van der Waals surface area contributed by atoms with Crippen LogP contribution in [0.2, 0.25) is 0 Å². The van der Waals surface area contributed by atoms with Crippen molar-refractivity contribution in [1.82, 2.24) is 4.90 Å². The van der Waals surface area contributed by atoms with Crippen molar-refractivity contribution in [2.75, 3.05) is 20.2 Å². The second-order valence-electron chi connectivity index (χ2n) is 5.26. The molecule has 128 valence electrons. The van der Waals surface area contributed by atoms with Crippen LogP contribution in [0.5, 0.6) is 5.75 Å². The summed E-state index contributed by atoms with van der Waals surface area (Å²) in [4.78, 5) is 12.8. The highest BCUT2D eigenvalue weighted by atomic mass is 32.2. The van der Waals surface area contributed by atoms with Gasteiger partial charge in [0.1, 0.15) is 11.0 Å². The highest BCUT2D eigenvalue weighted by molar-refractivity contribution is 7.92. The van der Waals surface area contributed by atoms with E-state index in [-0.39, 0.29) is 18.0 Å². The standard InChI is InChI=1S/C14H16F3NO4S/c1-22-10-2-4-11(5-3-10)23(20,21)12-8-18(9-12)13(19)6-7-14(15,16)17/h2-5,12H,6-9H2,1H3. The van der Waals surface area contributed by atoms with Gasteiger partial charge in [0.25, 0.3) is 0 Å². The number of likely N-dealkylation sites (tertiary alicyclic amines) is 1. The fourth-order valence-electron chi connectivity index (χ4n) is 2.20. The summed E-state index contributed by atoms with van der Waals surface area (Å²) in [5.74, 6) is -0.162. The minimum atomic E-state index is -4.39. The SMILES string of the molecule is COc1ccc(S(=O)(=O)C2CN(C(=O)CCC(F)(F)F)C2)cc1. The number of alkyl halides is 3. The predicted molar refractivity (Wildman–Crippen MR) is 75.8 cm³/mol.